The molecule has 2 atom stereocenters. The fraction of sp³-hybridized carbons (Fsp3) is 0.481. The molecule has 0 aliphatic carbocycles. The maximum atomic E-state index is 13.8. The van der Waals surface area contributed by atoms with E-state index in [4.69, 9.17) is 10.1 Å². The van der Waals surface area contributed by atoms with Crippen LogP contribution in [0.5, 0.6) is 0 Å². The van der Waals surface area contributed by atoms with Crippen LogP contribution in [0.2, 0.25) is 0 Å². The van der Waals surface area contributed by atoms with Crippen molar-refractivity contribution in [1.29, 1.82) is 0 Å². The number of pyridine rings is 1. The van der Waals surface area contributed by atoms with Crippen molar-refractivity contribution in [1.82, 2.24) is 4.98 Å². The fourth-order valence-corrected chi connectivity index (χ4v) is 5.78. The molecule has 1 aliphatic heterocycles. The molecule has 2 aromatic rings. The van der Waals surface area contributed by atoms with Gasteiger partial charge in [0.2, 0.25) is 10.0 Å². The SMILES string of the molecule is CC(C)c1nc2c(c(-c3ccc(F)cc3)c1C=CC(O)C[C@@H](O)CC(=O)O)CCCN2S(=O)(=O)C(C)C. The van der Waals surface area contributed by atoms with Gasteiger partial charge in [0.05, 0.1) is 29.6 Å². The van der Waals surface area contributed by atoms with Crippen molar-refractivity contribution in [2.45, 2.75) is 76.8 Å². The van der Waals surface area contributed by atoms with Gasteiger partial charge in [-0.3, -0.25) is 9.10 Å². The molecule has 2 heterocycles. The Labute approximate surface area is 217 Å². The summed E-state index contributed by atoms with van der Waals surface area (Å²) in [5, 5.41) is 28.6. The molecule has 1 aliphatic rings. The molecule has 1 aromatic heterocycles. The molecular weight excluding hydrogens is 499 g/mol. The highest BCUT2D eigenvalue weighted by Crippen LogP contribution is 2.42. The van der Waals surface area contributed by atoms with Gasteiger partial charge in [0.1, 0.15) is 11.6 Å². The van der Waals surface area contributed by atoms with E-state index in [9.17, 15) is 27.8 Å². The number of aliphatic hydroxyl groups is 2. The van der Waals surface area contributed by atoms with Gasteiger partial charge in [-0.15, -0.1) is 0 Å². The first-order valence-electron chi connectivity index (χ1n) is 12.4. The van der Waals surface area contributed by atoms with Gasteiger partial charge in [-0.25, -0.2) is 17.8 Å². The van der Waals surface area contributed by atoms with E-state index in [0.717, 1.165) is 5.56 Å². The van der Waals surface area contributed by atoms with Gasteiger partial charge < -0.3 is 15.3 Å². The Morgan fingerprint density at radius 3 is 2.38 bits per heavy atom. The molecule has 37 heavy (non-hydrogen) atoms. The molecule has 1 unspecified atom stereocenters. The second kappa shape index (κ2) is 11.7. The largest absolute Gasteiger partial charge is 0.481 e. The number of aliphatic carboxylic acids is 1. The van der Waals surface area contributed by atoms with E-state index >= 15 is 0 Å². The lowest BCUT2D eigenvalue weighted by Crippen LogP contribution is -2.41. The van der Waals surface area contributed by atoms with Crippen LogP contribution in [-0.2, 0) is 21.2 Å². The van der Waals surface area contributed by atoms with E-state index in [2.05, 4.69) is 0 Å². The monoisotopic (exact) mass is 534 g/mol. The molecule has 3 rings (SSSR count). The van der Waals surface area contributed by atoms with E-state index in [1.165, 1.54) is 22.5 Å². The maximum absolute atomic E-state index is 13.8. The molecule has 202 valence electrons. The highest BCUT2D eigenvalue weighted by Gasteiger charge is 2.34. The number of aliphatic hydroxyl groups excluding tert-OH is 2. The van der Waals surface area contributed by atoms with Crippen molar-refractivity contribution in [3.05, 3.63) is 53.0 Å². The van der Waals surface area contributed by atoms with Gasteiger partial charge in [-0.2, -0.15) is 0 Å². The van der Waals surface area contributed by atoms with E-state index in [-0.39, 0.29) is 12.3 Å². The number of hydrogen-bond acceptors (Lipinski definition) is 6. The van der Waals surface area contributed by atoms with Gasteiger partial charge in [-0.1, -0.05) is 38.1 Å². The molecule has 0 amide bonds. The number of hydrogen-bond donors (Lipinski definition) is 3. The second-order valence-electron chi connectivity index (χ2n) is 9.93. The van der Waals surface area contributed by atoms with Crippen LogP contribution in [0.4, 0.5) is 10.2 Å². The number of halogens is 1. The lowest BCUT2D eigenvalue weighted by Gasteiger charge is -2.34. The van der Waals surface area contributed by atoms with Crippen LogP contribution in [0.1, 0.15) is 69.7 Å². The third-order valence-corrected chi connectivity index (χ3v) is 8.52. The Hall–Kier alpha value is -2.82. The predicted molar refractivity (Wildman–Crippen MR) is 141 cm³/mol. The van der Waals surface area contributed by atoms with E-state index in [0.29, 0.717) is 47.6 Å². The summed E-state index contributed by atoms with van der Waals surface area (Å²) in [7, 11) is -3.65. The average molecular weight is 535 g/mol. The van der Waals surface area contributed by atoms with Gasteiger partial charge in [0, 0.05) is 24.1 Å². The summed E-state index contributed by atoms with van der Waals surface area (Å²) >= 11 is 0. The third kappa shape index (κ3) is 6.55. The van der Waals surface area contributed by atoms with Crippen LogP contribution in [0.25, 0.3) is 17.2 Å². The topological polar surface area (TPSA) is 128 Å². The van der Waals surface area contributed by atoms with Crippen LogP contribution >= 0.6 is 0 Å². The Balaban J connectivity index is 2.23. The molecule has 0 saturated heterocycles. The summed E-state index contributed by atoms with van der Waals surface area (Å²) in [6.07, 6.45) is 1.32. The standard InChI is InChI=1S/C27H35FN2O6S/c1-16(2)26-22(12-11-20(31)14-21(32)15-24(33)34)25(18-7-9-19(28)10-8-18)23-6-5-13-30(27(23)29-26)37(35,36)17(3)4/h7-12,16-17,20-21,31-32H,5-6,13-15H2,1-4H3,(H,33,34)/t20?,21-/m1/s1. The molecule has 0 saturated carbocycles. The maximum Gasteiger partial charge on any atom is 0.305 e. The highest BCUT2D eigenvalue weighted by atomic mass is 32.2. The third-order valence-electron chi connectivity index (χ3n) is 6.36. The molecule has 8 nitrogen and oxygen atoms in total. The number of aromatic nitrogens is 1. The number of nitrogens with zero attached hydrogens (tertiary/aromatic N) is 2. The Kier molecular flexibility index (Phi) is 9.09. The van der Waals surface area contributed by atoms with Crippen LogP contribution in [0.15, 0.2) is 30.3 Å². The number of anilines is 1. The summed E-state index contributed by atoms with van der Waals surface area (Å²) in [6, 6.07) is 5.95. The van der Waals surface area contributed by atoms with Crippen LogP contribution in [-0.4, -0.2) is 58.7 Å². The van der Waals surface area contributed by atoms with Crippen molar-refractivity contribution in [3.8, 4) is 11.1 Å². The molecular formula is C27H35FN2O6S. The average Bonchev–Trinajstić information content (AvgIpc) is 2.81. The van der Waals surface area contributed by atoms with Gasteiger partial charge in [0.25, 0.3) is 0 Å². The first-order valence-corrected chi connectivity index (χ1v) is 13.9. The zero-order valence-electron chi connectivity index (χ0n) is 21.6. The van der Waals surface area contributed by atoms with E-state index in [1.54, 1.807) is 32.1 Å². The van der Waals surface area contributed by atoms with Crippen molar-refractivity contribution >= 4 is 27.9 Å². The quantitative estimate of drug-likeness (QED) is 0.419. The van der Waals surface area contributed by atoms with Crippen LogP contribution in [0.3, 0.4) is 0 Å². The summed E-state index contributed by atoms with van der Waals surface area (Å²) in [4.78, 5) is 15.7. The summed E-state index contributed by atoms with van der Waals surface area (Å²) in [6.45, 7) is 7.43. The zero-order chi connectivity index (χ0) is 27.5. The van der Waals surface area contributed by atoms with Crippen LogP contribution in [0, 0.1) is 5.82 Å². The van der Waals surface area contributed by atoms with E-state index < -0.39 is 45.7 Å². The minimum Gasteiger partial charge on any atom is -0.481 e. The van der Waals surface area contributed by atoms with Crippen molar-refractivity contribution in [2.75, 3.05) is 10.8 Å². The minimum atomic E-state index is -3.65. The first kappa shape index (κ1) is 28.7. The van der Waals surface area contributed by atoms with E-state index in [1.807, 2.05) is 13.8 Å². The number of carbonyl (C=O) groups is 1. The minimum absolute atomic E-state index is 0.121. The number of benzene rings is 1. The Morgan fingerprint density at radius 2 is 1.81 bits per heavy atom. The smallest absolute Gasteiger partial charge is 0.305 e. The van der Waals surface area contributed by atoms with Gasteiger partial charge >= 0.3 is 5.97 Å². The number of carboxylic acids is 1. The zero-order valence-corrected chi connectivity index (χ0v) is 22.4. The molecule has 10 heteroatoms. The second-order valence-corrected chi connectivity index (χ2v) is 12.3. The first-order chi connectivity index (χ1) is 17.3. The molecule has 0 spiro atoms. The normalized spacial score (nSPS) is 15.9. The van der Waals surface area contributed by atoms with Gasteiger partial charge in [0.15, 0.2) is 0 Å². The Morgan fingerprint density at radius 1 is 1.16 bits per heavy atom. The van der Waals surface area contributed by atoms with Crippen molar-refractivity contribution in [2.24, 2.45) is 0 Å². The lowest BCUT2D eigenvalue weighted by atomic mass is 9.87. The highest BCUT2D eigenvalue weighted by molar-refractivity contribution is 7.93. The van der Waals surface area contributed by atoms with Crippen molar-refractivity contribution < 1.29 is 32.9 Å². The summed E-state index contributed by atoms with van der Waals surface area (Å²) in [5.41, 5.74) is 3.40. The van der Waals surface area contributed by atoms with Crippen molar-refractivity contribution in [3.63, 3.8) is 0 Å². The summed E-state index contributed by atoms with van der Waals surface area (Å²) in [5.74, 6) is -1.31. The number of sulfonamides is 1. The lowest BCUT2D eigenvalue weighted by molar-refractivity contribution is -0.139. The molecule has 3 N–H and O–H groups in total. The summed E-state index contributed by atoms with van der Waals surface area (Å²) < 4.78 is 41.6. The molecule has 0 bridgehead atoms. The van der Waals surface area contributed by atoms with Crippen LogP contribution < -0.4 is 4.31 Å². The Bertz CT molecular complexity index is 1260. The number of carboxylic acid groups (broad SMARTS) is 1. The predicted octanol–water partition coefficient (Wildman–Crippen LogP) is 4.10. The number of fused-ring (bicyclic) bond motifs is 1. The fourth-order valence-electron chi connectivity index (χ4n) is 4.50. The molecule has 1 aromatic carbocycles. The molecule has 0 fully saturated rings. The molecule has 0 radical (unpaired) electrons. The number of rotatable bonds is 10. The van der Waals surface area contributed by atoms with Gasteiger partial charge in [-0.05, 0) is 55.9 Å².